The zero-order chi connectivity index (χ0) is 21.3. The lowest BCUT2D eigenvalue weighted by molar-refractivity contribution is 0.348. The van der Waals surface area contributed by atoms with Gasteiger partial charge in [0.1, 0.15) is 5.58 Å². The Morgan fingerprint density at radius 2 is 1.16 bits per heavy atom. The zero-order valence-corrected chi connectivity index (χ0v) is 16.1. The Kier molecular flexibility index (Phi) is 3.42. The van der Waals surface area contributed by atoms with Gasteiger partial charge in [-0.2, -0.15) is 0 Å². The van der Waals surface area contributed by atoms with Crippen molar-refractivity contribution in [1.82, 2.24) is 0 Å². The van der Waals surface area contributed by atoms with E-state index in [4.69, 9.17) is 4.42 Å². The van der Waals surface area contributed by atoms with Crippen molar-refractivity contribution in [3.05, 3.63) is 72.8 Å². The van der Waals surface area contributed by atoms with Crippen molar-refractivity contribution in [2.75, 3.05) is 0 Å². The molecule has 0 bridgehead atoms. The van der Waals surface area contributed by atoms with Gasteiger partial charge in [0.25, 0.3) is 0 Å². The van der Waals surface area contributed by atoms with Gasteiger partial charge in [-0.3, -0.25) is 0 Å². The maximum Gasteiger partial charge on any atom is 0.208 e. The number of hydrogen-bond acceptors (Lipinski definition) is 5. The van der Waals surface area contributed by atoms with E-state index in [9.17, 15) is 20.4 Å². The summed E-state index contributed by atoms with van der Waals surface area (Å²) in [7, 11) is 0. The second-order valence-corrected chi connectivity index (χ2v) is 7.61. The number of aromatic hydroxyl groups is 4. The Hall–Kier alpha value is -4.38. The molecule has 6 aromatic rings. The molecule has 5 heteroatoms. The molecular formula is C26H16O5. The molecule has 5 aromatic carbocycles. The molecule has 31 heavy (non-hydrogen) atoms. The summed E-state index contributed by atoms with van der Waals surface area (Å²) in [5, 5.41) is 45.6. The van der Waals surface area contributed by atoms with Crippen LogP contribution in [0.4, 0.5) is 0 Å². The number of rotatable bonds is 1. The monoisotopic (exact) mass is 408 g/mol. The molecule has 0 unspecified atom stereocenters. The van der Waals surface area contributed by atoms with E-state index in [1.807, 2.05) is 36.4 Å². The zero-order valence-electron chi connectivity index (χ0n) is 16.1. The highest BCUT2D eigenvalue weighted by Gasteiger charge is 2.24. The van der Waals surface area contributed by atoms with Gasteiger partial charge in [0.2, 0.25) is 17.2 Å². The molecule has 0 aliphatic rings. The molecule has 5 nitrogen and oxygen atoms in total. The minimum atomic E-state index is -0.815. The van der Waals surface area contributed by atoms with E-state index >= 15 is 0 Å². The molecule has 1 aromatic heterocycles. The summed E-state index contributed by atoms with van der Waals surface area (Å²) >= 11 is 0. The predicted molar refractivity (Wildman–Crippen MR) is 121 cm³/mol. The molecule has 0 radical (unpaired) electrons. The van der Waals surface area contributed by atoms with E-state index in [-0.39, 0.29) is 11.0 Å². The van der Waals surface area contributed by atoms with E-state index in [1.54, 1.807) is 6.07 Å². The maximum atomic E-state index is 10.5. The van der Waals surface area contributed by atoms with Gasteiger partial charge in [-0.25, -0.2) is 0 Å². The van der Waals surface area contributed by atoms with Crippen molar-refractivity contribution in [1.29, 1.82) is 0 Å². The van der Waals surface area contributed by atoms with Gasteiger partial charge in [-0.05, 0) is 50.9 Å². The molecule has 1 heterocycles. The normalized spacial score (nSPS) is 11.7. The van der Waals surface area contributed by atoms with Crippen LogP contribution < -0.4 is 0 Å². The molecular weight excluding hydrogens is 392 g/mol. The first-order valence-electron chi connectivity index (χ1n) is 9.77. The first-order valence-corrected chi connectivity index (χ1v) is 9.77. The topological polar surface area (TPSA) is 94.1 Å². The fraction of sp³-hybridized carbons (Fsp3) is 0. The lowest BCUT2D eigenvalue weighted by Gasteiger charge is -2.12. The van der Waals surface area contributed by atoms with Crippen LogP contribution in [0, 0.1) is 0 Å². The largest absolute Gasteiger partial charge is 0.504 e. The summed E-state index contributed by atoms with van der Waals surface area (Å²) in [4.78, 5) is 0. The molecule has 0 atom stereocenters. The number of furan rings is 1. The van der Waals surface area contributed by atoms with Gasteiger partial charge in [0.05, 0.1) is 5.39 Å². The standard InChI is InChI=1S/C26H16O5/c27-22-21-18-12-15(9-10-19(18)31-26(21)25(30)24(29)23(22)28)20-16-7-3-1-5-13(16)11-14-6-2-4-8-17(14)20/h1-12,27-30H. The summed E-state index contributed by atoms with van der Waals surface area (Å²) in [5.41, 5.74) is 2.27. The molecule has 0 spiro atoms. The van der Waals surface area contributed by atoms with Crippen LogP contribution >= 0.6 is 0 Å². The number of phenolic OH excluding ortho intramolecular Hbond substituents is 4. The first-order chi connectivity index (χ1) is 15.0. The first kappa shape index (κ1) is 17.5. The Bertz CT molecular complexity index is 1620. The quantitative estimate of drug-likeness (QED) is 0.144. The van der Waals surface area contributed by atoms with Crippen molar-refractivity contribution in [2.24, 2.45) is 0 Å². The van der Waals surface area contributed by atoms with Gasteiger partial charge in [-0.1, -0.05) is 54.6 Å². The van der Waals surface area contributed by atoms with E-state index in [2.05, 4.69) is 30.3 Å². The highest BCUT2D eigenvalue weighted by Crippen LogP contribution is 2.52. The van der Waals surface area contributed by atoms with Gasteiger partial charge in [0.15, 0.2) is 11.3 Å². The summed E-state index contributed by atoms with van der Waals surface area (Å²) in [6.07, 6.45) is 0. The second kappa shape index (κ2) is 6.06. The van der Waals surface area contributed by atoms with Crippen LogP contribution in [-0.4, -0.2) is 20.4 Å². The van der Waals surface area contributed by atoms with Crippen molar-refractivity contribution in [3.63, 3.8) is 0 Å². The molecule has 0 aliphatic heterocycles. The molecule has 0 saturated carbocycles. The summed E-state index contributed by atoms with van der Waals surface area (Å²) < 4.78 is 5.68. The SMILES string of the molecule is Oc1c(O)c(O)c2c(oc3ccc(-c4c5ccccc5cc5ccccc45)cc32)c1O. The summed E-state index contributed by atoms with van der Waals surface area (Å²) in [5.74, 6) is -2.75. The molecule has 0 aliphatic carbocycles. The minimum absolute atomic E-state index is 0.0808. The van der Waals surface area contributed by atoms with E-state index in [0.29, 0.717) is 11.0 Å². The smallest absolute Gasteiger partial charge is 0.208 e. The second-order valence-electron chi connectivity index (χ2n) is 7.61. The molecule has 150 valence electrons. The highest BCUT2D eigenvalue weighted by atomic mass is 16.4. The maximum absolute atomic E-state index is 10.5. The van der Waals surface area contributed by atoms with Crippen LogP contribution in [0.1, 0.15) is 0 Å². The number of hydrogen-bond donors (Lipinski definition) is 4. The van der Waals surface area contributed by atoms with Crippen LogP contribution in [-0.2, 0) is 0 Å². The average molecular weight is 408 g/mol. The minimum Gasteiger partial charge on any atom is -0.504 e. The molecule has 6 rings (SSSR count). The van der Waals surface area contributed by atoms with Crippen LogP contribution in [0.2, 0.25) is 0 Å². The lowest BCUT2D eigenvalue weighted by atomic mass is 9.91. The average Bonchev–Trinajstić information content (AvgIpc) is 3.18. The highest BCUT2D eigenvalue weighted by molar-refractivity contribution is 6.16. The van der Waals surface area contributed by atoms with Crippen LogP contribution in [0.5, 0.6) is 23.0 Å². The van der Waals surface area contributed by atoms with Crippen LogP contribution in [0.15, 0.2) is 77.2 Å². The van der Waals surface area contributed by atoms with Crippen molar-refractivity contribution < 1.29 is 24.8 Å². The number of fused-ring (bicyclic) bond motifs is 5. The van der Waals surface area contributed by atoms with Gasteiger partial charge >= 0.3 is 0 Å². The Morgan fingerprint density at radius 3 is 1.84 bits per heavy atom. The van der Waals surface area contributed by atoms with Gasteiger partial charge in [0, 0.05) is 5.39 Å². The van der Waals surface area contributed by atoms with E-state index in [1.165, 1.54) is 0 Å². The molecule has 0 fully saturated rings. The third-order valence-electron chi connectivity index (χ3n) is 5.87. The summed E-state index contributed by atoms with van der Waals surface area (Å²) in [6, 6.07) is 24.0. The molecule has 0 amide bonds. The van der Waals surface area contributed by atoms with Crippen molar-refractivity contribution in [3.8, 4) is 34.1 Å². The lowest BCUT2D eigenvalue weighted by Crippen LogP contribution is -1.85. The number of phenols is 4. The van der Waals surface area contributed by atoms with Gasteiger partial charge in [-0.15, -0.1) is 0 Å². The fourth-order valence-corrected chi connectivity index (χ4v) is 4.43. The fourth-order valence-electron chi connectivity index (χ4n) is 4.43. The third kappa shape index (κ3) is 2.31. The Labute approximate surface area is 175 Å². The Balaban J connectivity index is 1.77. The van der Waals surface area contributed by atoms with Gasteiger partial charge < -0.3 is 24.8 Å². The molecule has 4 N–H and O–H groups in total. The van der Waals surface area contributed by atoms with E-state index in [0.717, 1.165) is 32.7 Å². The predicted octanol–water partition coefficient (Wildman–Crippen LogP) is 6.38. The third-order valence-corrected chi connectivity index (χ3v) is 5.87. The van der Waals surface area contributed by atoms with Crippen LogP contribution in [0.3, 0.4) is 0 Å². The Morgan fingerprint density at radius 1 is 0.548 bits per heavy atom. The van der Waals surface area contributed by atoms with Crippen molar-refractivity contribution >= 4 is 43.5 Å². The number of benzene rings is 5. The molecule has 0 saturated heterocycles. The summed E-state index contributed by atoms with van der Waals surface area (Å²) in [6.45, 7) is 0. The van der Waals surface area contributed by atoms with E-state index < -0.39 is 23.0 Å². The van der Waals surface area contributed by atoms with Crippen LogP contribution in [0.25, 0.3) is 54.6 Å². The van der Waals surface area contributed by atoms with Crippen molar-refractivity contribution in [2.45, 2.75) is 0 Å².